The van der Waals surface area contributed by atoms with Crippen molar-refractivity contribution < 1.29 is 28.5 Å². The molecule has 39 heavy (non-hydrogen) atoms. The number of nitrogens with zero attached hydrogens (tertiary/aromatic N) is 1. The van der Waals surface area contributed by atoms with E-state index in [4.69, 9.17) is 23.7 Å². The highest BCUT2D eigenvalue weighted by Crippen LogP contribution is 2.42. The summed E-state index contributed by atoms with van der Waals surface area (Å²) in [5.74, 6) is 2.06. The lowest BCUT2D eigenvalue weighted by atomic mass is 9.80. The SMILES string of the molecule is CCOC(=O)C1=CCCN(CCOC(c2ccc(OC)cc2)(c2ccc(OC)cc2)c2ccc(OC)cc2)C1. The van der Waals surface area contributed by atoms with E-state index >= 15 is 0 Å². The first-order valence-electron chi connectivity index (χ1n) is 13.2. The van der Waals surface area contributed by atoms with Gasteiger partial charge in [0.15, 0.2) is 0 Å². The van der Waals surface area contributed by atoms with Crippen molar-refractivity contribution in [2.45, 2.75) is 18.9 Å². The minimum absolute atomic E-state index is 0.243. The number of carbonyl (C=O) groups is 1. The van der Waals surface area contributed by atoms with Gasteiger partial charge in [-0.2, -0.15) is 0 Å². The first-order valence-corrected chi connectivity index (χ1v) is 13.2. The Hall–Kier alpha value is -3.81. The van der Waals surface area contributed by atoms with E-state index in [9.17, 15) is 4.79 Å². The molecule has 0 unspecified atom stereocenters. The standard InChI is InChI=1S/C32H37NO6/c1-5-38-31(34)24-7-6-20-33(23-24)21-22-39-32(25-8-14-28(35-2)15-9-25,26-10-16-29(36-3)17-11-26)27-12-18-30(37-4)19-13-27/h7-19H,5-6,20-23H2,1-4H3. The van der Waals surface area contributed by atoms with Crippen LogP contribution in [0.1, 0.15) is 30.0 Å². The number of ether oxygens (including phenoxy) is 5. The summed E-state index contributed by atoms with van der Waals surface area (Å²) in [4.78, 5) is 14.5. The second-order valence-corrected chi connectivity index (χ2v) is 9.23. The van der Waals surface area contributed by atoms with Crippen LogP contribution in [-0.4, -0.2) is 65.0 Å². The number of carbonyl (C=O) groups excluding carboxylic acids is 1. The third-order valence-electron chi connectivity index (χ3n) is 6.98. The lowest BCUT2D eigenvalue weighted by Gasteiger charge is -2.37. The highest BCUT2D eigenvalue weighted by molar-refractivity contribution is 5.89. The van der Waals surface area contributed by atoms with Crippen LogP contribution in [0.25, 0.3) is 0 Å². The zero-order valence-corrected chi connectivity index (χ0v) is 23.1. The van der Waals surface area contributed by atoms with E-state index in [1.54, 1.807) is 21.3 Å². The van der Waals surface area contributed by atoms with Crippen LogP contribution >= 0.6 is 0 Å². The van der Waals surface area contributed by atoms with Crippen LogP contribution in [0.4, 0.5) is 0 Å². The van der Waals surface area contributed by atoms with Crippen LogP contribution in [0.15, 0.2) is 84.4 Å². The molecule has 4 rings (SSSR count). The van der Waals surface area contributed by atoms with E-state index in [1.165, 1.54) is 0 Å². The van der Waals surface area contributed by atoms with Gasteiger partial charge in [0.25, 0.3) is 0 Å². The van der Waals surface area contributed by atoms with Crippen LogP contribution in [0.2, 0.25) is 0 Å². The van der Waals surface area contributed by atoms with Crippen molar-refractivity contribution in [2.75, 3.05) is 54.2 Å². The number of esters is 1. The van der Waals surface area contributed by atoms with Gasteiger partial charge in [0.1, 0.15) is 22.8 Å². The molecule has 1 aliphatic rings. The summed E-state index contributed by atoms with van der Waals surface area (Å²) < 4.78 is 28.5. The van der Waals surface area contributed by atoms with Gasteiger partial charge < -0.3 is 23.7 Å². The van der Waals surface area contributed by atoms with E-state index in [2.05, 4.69) is 4.90 Å². The normalized spacial score (nSPS) is 13.9. The van der Waals surface area contributed by atoms with Crippen molar-refractivity contribution in [3.63, 3.8) is 0 Å². The Morgan fingerprint density at radius 2 is 1.23 bits per heavy atom. The fourth-order valence-electron chi connectivity index (χ4n) is 4.92. The molecule has 0 radical (unpaired) electrons. The average Bonchev–Trinajstić information content (AvgIpc) is 3.00. The third-order valence-corrected chi connectivity index (χ3v) is 6.98. The summed E-state index contributed by atoms with van der Waals surface area (Å²) in [6, 6.07) is 23.9. The number of rotatable bonds is 12. The van der Waals surface area contributed by atoms with Gasteiger partial charge in [-0.25, -0.2) is 4.79 Å². The second kappa shape index (κ2) is 13.3. The maximum absolute atomic E-state index is 12.3. The quantitative estimate of drug-likeness (QED) is 0.235. The maximum atomic E-state index is 12.3. The molecule has 0 aromatic heterocycles. The van der Waals surface area contributed by atoms with Crippen molar-refractivity contribution >= 4 is 5.97 Å². The molecule has 0 atom stereocenters. The lowest BCUT2D eigenvalue weighted by Crippen LogP contribution is -2.39. The van der Waals surface area contributed by atoms with Crippen LogP contribution in [0, 0.1) is 0 Å². The van der Waals surface area contributed by atoms with Gasteiger partial charge in [0.2, 0.25) is 0 Å². The molecule has 0 bridgehead atoms. The Morgan fingerprint density at radius 1 is 0.769 bits per heavy atom. The van der Waals surface area contributed by atoms with Crippen molar-refractivity contribution in [1.82, 2.24) is 4.90 Å². The molecule has 7 nitrogen and oxygen atoms in total. The first-order chi connectivity index (χ1) is 19.0. The molecule has 0 saturated carbocycles. The van der Waals surface area contributed by atoms with E-state index in [0.29, 0.717) is 31.9 Å². The van der Waals surface area contributed by atoms with Crippen LogP contribution < -0.4 is 14.2 Å². The van der Waals surface area contributed by atoms with Gasteiger partial charge in [-0.1, -0.05) is 42.5 Å². The predicted molar refractivity (Wildman–Crippen MR) is 151 cm³/mol. The van der Waals surface area contributed by atoms with E-state index in [0.717, 1.165) is 46.9 Å². The van der Waals surface area contributed by atoms with Crippen LogP contribution in [-0.2, 0) is 19.9 Å². The van der Waals surface area contributed by atoms with Gasteiger partial charge in [-0.3, -0.25) is 4.90 Å². The summed E-state index contributed by atoms with van der Waals surface area (Å²) in [6.07, 6.45) is 2.78. The fraction of sp³-hybridized carbons (Fsp3) is 0.344. The monoisotopic (exact) mass is 531 g/mol. The molecule has 0 N–H and O–H groups in total. The van der Waals surface area contributed by atoms with Gasteiger partial charge in [0.05, 0.1) is 34.5 Å². The molecule has 0 aliphatic carbocycles. The number of benzene rings is 3. The Labute approximate surface area is 230 Å². The lowest BCUT2D eigenvalue weighted by molar-refractivity contribution is -0.139. The molecule has 206 valence electrons. The molecular weight excluding hydrogens is 494 g/mol. The van der Waals surface area contributed by atoms with Crippen LogP contribution in [0.5, 0.6) is 17.2 Å². The molecule has 0 spiro atoms. The minimum Gasteiger partial charge on any atom is -0.497 e. The molecule has 3 aromatic rings. The molecule has 1 heterocycles. The Balaban J connectivity index is 1.70. The molecule has 0 amide bonds. The highest BCUT2D eigenvalue weighted by atomic mass is 16.5. The number of hydrogen-bond acceptors (Lipinski definition) is 7. The summed E-state index contributed by atoms with van der Waals surface area (Å²) >= 11 is 0. The van der Waals surface area contributed by atoms with Crippen molar-refractivity contribution in [3.8, 4) is 17.2 Å². The zero-order chi connectivity index (χ0) is 27.7. The molecule has 0 saturated heterocycles. The van der Waals surface area contributed by atoms with Gasteiger partial charge >= 0.3 is 5.97 Å². The summed E-state index contributed by atoms with van der Waals surface area (Å²) in [6.45, 7) is 4.67. The Bertz CT molecular complexity index is 1120. The molecular formula is C32H37NO6. The highest BCUT2D eigenvalue weighted by Gasteiger charge is 2.38. The zero-order valence-electron chi connectivity index (χ0n) is 23.1. The van der Waals surface area contributed by atoms with Crippen molar-refractivity contribution in [1.29, 1.82) is 0 Å². The van der Waals surface area contributed by atoms with E-state index in [1.807, 2.05) is 85.8 Å². The van der Waals surface area contributed by atoms with E-state index in [-0.39, 0.29) is 5.97 Å². The van der Waals surface area contributed by atoms with Gasteiger partial charge in [0, 0.05) is 25.2 Å². The van der Waals surface area contributed by atoms with Gasteiger partial charge in [-0.05, 0) is 66.4 Å². The van der Waals surface area contributed by atoms with E-state index < -0.39 is 5.60 Å². The van der Waals surface area contributed by atoms with Crippen molar-refractivity contribution in [3.05, 3.63) is 101 Å². The molecule has 7 heteroatoms. The molecule has 0 fully saturated rings. The summed E-state index contributed by atoms with van der Waals surface area (Å²) in [7, 11) is 4.97. The predicted octanol–water partition coefficient (Wildman–Crippen LogP) is 5.22. The Morgan fingerprint density at radius 3 is 1.64 bits per heavy atom. The smallest absolute Gasteiger partial charge is 0.334 e. The molecule has 1 aliphatic heterocycles. The number of methoxy groups -OCH3 is 3. The topological polar surface area (TPSA) is 66.5 Å². The van der Waals surface area contributed by atoms with Gasteiger partial charge in [-0.15, -0.1) is 0 Å². The summed E-state index contributed by atoms with van der Waals surface area (Å²) in [5, 5.41) is 0. The second-order valence-electron chi connectivity index (χ2n) is 9.23. The molecule has 3 aromatic carbocycles. The fourth-order valence-corrected chi connectivity index (χ4v) is 4.92. The minimum atomic E-state index is -0.916. The summed E-state index contributed by atoms with van der Waals surface area (Å²) in [5.41, 5.74) is 2.67. The number of hydrogen-bond donors (Lipinski definition) is 0. The Kier molecular flexibility index (Phi) is 9.63. The third kappa shape index (κ3) is 6.44. The largest absolute Gasteiger partial charge is 0.497 e. The first kappa shape index (κ1) is 28.2. The van der Waals surface area contributed by atoms with Crippen molar-refractivity contribution in [2.24, 2.45) is 0 Å². The van der Waals surface area contributed by atoms with Crippen LogP contribution in [0.3, 0.4) is 0 Å². The average molecular weight is 532 g/mol. The maximum Gasteiger partial charge on any atom is 0.334 e.